The molecule has 82 valence electrons. The van der Waals surface area contributed by atoms with Crippen LogP contribution in [0.25, 0.3) is 0 Å². The van der Waals surface area contributed by atoms with Gasteiger partial charge in [-0.25, -0.2) is 0 Å². The van der Waals surface area contributed by atoms with Crippen LogP contribution in [0, 0.1) is 0 Å². The molecular weight excluding hydrogens is 180 g/mol. The summed E-state index contributed by atoms with van der Waals surface area (Å²) in [6, 6.07) is -0.175. The Kier molecular flexibility index (Phi) is 4.35. The minimum atomic E-state index is -0.374. The summed E-state index contributed by atoms with van der Waals surface area (Å²) in [5.74, 6) is -0.0500. The first kappa shape index (κ1) is 11.5. The third kappa shape index (κ3) is 3.64. The first-order valence-corrected chi connectivity index (χ1v) is 5.32. The smallest absolute Gasteiger partial charge is 0.221 e. The van der Waals surface area contributed by atoms with Crippen molar-refractivity contribution in [2.75, 3.05) is 0 Å². The second-order valence-electron chi connectivity index (χ2n) is 4.21. The lowest BCUT2D eigenvalue weighted by atomic mass is 9.92. The molecular formula is C10H20N2O2. The number of nitrogens with two attached hydrogens (primary N) is 1. The lowest BCUT2D eigenvalue weighted by molar-refractivity contribution is -0.123. The van der Waals surface area contributed by atoms with Crippen molar-refractivity contribution in [3.05, 3.63) is 0 Å². The third-order valence-corrected chi connectivity index (χ3v) is 2.58. The molecule has 1 fully saturated rings. The Hall–Kier alpha value is -0.610. The van der Waals surface area contributed by atoms with Crippen molar-refractivity contribution in [1.82, 2.24) is 5.32 Å². The molecule has 1 saturated carbocycles. The van der Waals surface area contributed by atoms with Crippen LogP contribution < -0.4 is 11.1 Å². The van der Waals surface area contributed by atoms with Gasteiger partial charge in [0, 0.05) is 12.5 Å². The molecule has 4 N–H and O–H groups in total. The number of hydrogen-bond donors (Lipinski definition) is 3. The molecule has 0 heterocycles. The zero-order chi connectivity index (χ0) is 10.6. The summed E-state index contributed by atoms with van der Waals surface area (Å²) in [4.78, 5) is 11.4. The van der Waals surface area contributed by atoms with Crippen LogP contribution in [0.2, 0.25) is 0 Å². The van der Waals surface area contributed by atoms with Crippen LogP contribution in [0.15, 0.2) is 0 Å². The Morgan fingerprint density at radius 1 is 1.57 bits per heavy atom. The van der Waals surface area contributed by atoms with E-state index in [9.17, 15) is 9.90 Å². The molecule has 1 aliphatic carbocycles. The molecule has 0 aromatic carbocycles. The Labute approximate surface area is 84.9 Å². The van der Waals surface area contributed by atoms with Crippen molar-refractivity contribution in [1.29, 1.82) is 0 Å². The van der Waals surface area contributed by atoms with Crippen molar-refractivity contribution in [2.45, 2.75) is 57.2 Å². The number of carbonyl (C=O) groups is 1. The molecule has 0 aromatic rings. The van der Waals surface area contributed by atoms with Gasteiger partial charge in [-0.1, -0.05) is 12.8 Å². The molecule has 14 heavy (non-hydrogen) atoms. The number of carbonyl (C=O) groups excluding carboxylic acids is 1. The maximum atomic E-state index is 11.4. The fourth-order valence-corrected chi connectivity index (χ4v) is 1.84. The van der Waals surface area contributed by atoms with Gasteiger partial charge in [0.25, 0.3) is 0 Å². The molecule has 4 nitrogen and oxygen atoms in total. The van der Waals surface area contributed by atoms with Gasteiger partial charge < -0.3 is 16.2 Å². The molecule has 0 spiro atoms. The average Bonchev–Trinajstić information content (AvgIpc) is 2.07. The van der Waals surface area contributed by atoms with Crippen molar-refractivity contribution in [3.63, 3.8) is 0 Å². The average molecular weight is 200 g/mol. The molecule has 0 radical (unpaired) electrons. The van der Waals surface area contributed by atoms with E-state index in [1.54, 1.807) is 6.92 Å². The summed E-state index contributed by atoms with van der Waals surface area (Å²) in [6.45, 7) is 1.80. The third-order valence-electron chi connectivity index (χ3n) is 2.58. The van der Waals surface area contributed by atoms with Crippen LogP contribution >= 0.6 is 0 Å². The number of rotatable bonds is 3. The number of aliphatic hydroxyl groups is 1. The normalized spacial score (nSPS) is 29.6. The van der Waals surface area contributed by atoms with Crippen molar-refractivity contribution >= 4 is 5.91 Å². The van der Waals surface area contributed by atoms with Gasteiger partial charge in [-0.3, -0.25) is 4.79 Å². The monoisotopic (exact) mass is 200 g/mol. The van der Waals surface area contributed by atoms with E-state index in [2.05, 4.69) is 5.32 Å². The maximum Gasteiger partial charge on any atom is 0.221 e. The van der Waals surface area contributed by atoms with Gasteiger partial charge in [-0.2, -0.15) is 0 Å². The highest BCUT2D eigenvalue weighted by Crippen LogP contribution is 2.18. The van der Waals surface area contributed by atoms with Crippen LogP contribution in [0.5, 0.6) is 0 Å². The topological polar surface area (TPSA) is 75.4 Å². The molecule has 1 aliphatic rings. The van der Waals surface area contributed by atoms with Crippen LogP contribution in [-0.2, 0) is 4.79 Å². The SMILES string of the molecule is CC(N)CC(=O)N[C@H]1CCCC[C@H]1O. The molecule has 1 unspecified atom stereocenters. The first-order chi connectivity index (χ1) is 6.59. The van der Waals surface area contributed by atoms with E-state index >= 15 is 0 Å². The number of amides is 1. The largest absolute Gasteiger partial charge is 0.391 e. The Morgan fingerprint density at radius 2 is 2.21 bits per heavy atom. The van der Waals surface area contributed by atoms with Crippen molar-refractivity contribution in [2.24, 2.45) is 5.73 Å². The fraction of sp³-hybridized carbons (Fsp3) is 0.900. The van der Waals surface area contributed by atoms with Gasteiger partial charge in [-0.05, 0) is 19.8 Å². The molecule has 1 amide bonds. The zero-order valence-electron chi connectivity index (χ0n) is 8.70. The minimum absolute atomic E-state index is 0.0500. The van der Waals surface area contributed by atoms with Gasteiger partial charge in [0.2, 0.25) is 5.91 Å². The van der Waals surface area contributed by atoms with E-state index in [1.807, 2.05) is 0 Å². The number of nitrogens with one attached hydrogen (secondary N) is 1. The fourth-order valence-electron chi connectivity index (χ4n) is 1.84. The van der Waals surface area contributed by atoms with Gasteiger partial charge in [0.05, 0.1) is 12.1 Å². The predicted octanol–water partition coefficient (Wildman–Crippen LogP) is 0.143. The van der Waals surface area contributed by atoms with E-state index in [-0.39, 0.29) is 24.1 Å². The summed E-state index contributed by atoms with van der Waals surface area (Å²) in [6.07, 6.45) is 3.78. The van der Waals surface area contributed by atoms with Crippen molar-refractivity contribution in [3.8, 4) is 0 Å². The van der Waals surface area contributed by atoms with E-state index in [4.69, 9.17) is 5.73 Å². The Bertz CT molecular complexity index is 195. The van der Waals surface area contributed by atoms with Gasteiger partial charge in [-0.15, -0.1) is 0 Å². The molecule has 3 atom stereocenters. The molecule has 4 heteroatoms. The number of aliphatic hydroxyl groups excluding tert-OH is 1. The molecule has 0 saturated heterocycles. The molecule has 0 aromatic heterocycles. The minimum Gasteiger partial charge on any atom is -0.391 e. The van der Waals surface area contributed by atoms with Crippen LogP contribution in [0.1, 0.15) is 39.0 Å². The van der Waals surface area contributed by atoms with Gasteiger partial charge in [0.15, 0.2) is 0 Å². The van der Waals surface area contributed by atoms with Crippen LogP contribution in [0.3, 0.4) is 0 Å². The van der Waals surface area contributed by atoms with E-state index < -0.39 is 0 Å². The van der Waals surface area contributed by atoms with Gasteiger partial charge in [0.1, 0.15) is 0 Å². The molecule has 0 bridgehead atoms. The highest BCUT2D eigenvalue weighted by molar-refractivity contribution is 5.76. The number of hydrogen-bond acceptors (Lipinski definition) is 3. The second kappa shape index (κ2) is 5.32. The summed E-state index contributed by atoms with van der Waals surface area (Å²) >= 11 is 0. The lowest BCUT2D eigenvalue weighted by Crippen LogP contribution is -2.46. The quantitative estimate of drug-likeness (QED) is 0.606. The van der Waals surface area contributed by atoms with Crippen LogP contribution in [0.4, 0.5) is 0 Å². The predicted molar refractivity (Wildman–Crippen MR) is 54.7 cm³/mol. The standard InChI is InChI=1S/C10H20N2O2/c1-7(11)6-10(14)12-8-4-2-3-5-9(8)13/h7-9,13H,2-6,11H2,1H3,(H,12,14)/t7?,8-,9+/m0/s1. The van der Waals surface area contributed by atoms with E-state index in [0.717, 1.165) is 25.7 Å². The summed E-state index contributed by atoms with van der Waals surface area (Å²) < 4.78 is 0. The Morgan fingerprint density at radius 3 is 2.79 bits per heavy atom. The maximum absolute atomic E-state index is 11.4. The van der Waals surface area contributed by atoms with E-state index in [0.29, 0.717) is 6.42 Å². The highest BCUT2D eigenvalue weighted by Gasteiger charge is 2.24. The van der Waals surface area contributed by atoms with Gasteiger partial charge >= 0.3 is 0 Å². The van der Waals surface area contributed by atoms with Crippen molar-refractivity contribution < 1.29 is 9.90 Å². The summed E-state index contributed by atoms with van der Waals surface area (Å²) in [5.41, 5.74) is 5.51. The van der Waals surface area contributed by atoms with E-state index in [1.165, 1.54) is 0 Å². The zero-order valence-corrected chi connectivity index (χ0v) is 8.70. The highest BCUT2D eigenvalue weighted by atomic mass is 16.3. The first-order valence-electron chi connectivity index (χ1n) is 5.32. The molecule has 1 rings (SSSR count). The van der Waals surface area contributed by atoms with Crippen LogP contribution in [-0.4, -0.2) is 29.2 Å². The summed E-state index contributed by atoms with van der Waals surface area (Å²) in [5, 5.41) is 12.4. The second-order valence-corrected chi connectivity index (χ2v) is 4.21. The summed E-state index contributed by atoms with van der Waals surface area (Å²) in [7, 11) is 0. The Balaban J connectivity index is 2.31. The molecule has 0 aliphatic heterocycles. The lowest BCUT2D eigenvalue weighted by Gasteiger charge is -2.28.